The molecule has 3 aliphatic rings. The maximum atomic E-state index is 12.3. The lowest BCUT2D eigenvalue weighted by Crippen LogP contribution is -2.42. The highest BCUT2D eigenvalue weighted by Crippen LogP contribution is 2.34. The third-order valence-electron chi connectivity index (χ3n) is 5.95. The van der Waals surface area contributed by atoms with Gasteiger partial charge in [-0.1, -0.05) is 23.7 Å². The summed E-state index contributed by atoms with van der Waals surface area (Å²) in [5, 5.41) is 17.5. The van der Waals surface area contributed by atoms with Crippen LogP contribution in [0.25, 0.3) is 0 Å². The quantitative estimate of drug-likeness (QED) is 0.566. The summed E-state index contributed by atoms with van der Waals surface area (Å²) in [6, 6.07) is 9.08. The van der Waals surface area contributed by atoms with Gasteiger partial charge in [-0.15, -0.1) is 0 Å². The van der Waals surface area contributed by atoms with Gasteiger partial charge < -0.3 is 25.2 Å². The minimum Gasteiger partial charge on any atom is -0.480 e. The number of carbonyl (C=O) groups excluding carboxylic acids is 2. The lowest BCUT2D eigenvalue weighted by molar-refractivity contribution is -0.118. The first-order valence-corrected chi connectivity index (χ1v) is 10.9. The summed E-state index contributed by atoms with van der Waals surface area (Å²) in [5.41, 5.74) is 1.23. The molecule has 0 spiro atoms. The van der Waals surface area contributed by atoms with Gasteiger partial charge in [0.25, 0.3) is 5.91 Å². The summed E-state index contributed by atoms with van der Waals surface area (Å²) in [7, 11) is 0. The van der Waals surface area contributed by atoms with Crippen LogP contribution in [-0.4, -0.2) is 60.0 Å². The van der Waals surface area contributed by atoms with Gasteiger partial charge in [-0.25, -0.2) is 9.78 Å². The van der Waals surface area contributed by atoms with Crippen LogP contribution in [0.4, 0.5) is 16.4 Å². The van der Waals surface area contributed by atoms with Crippen LogP contribution in [0.5, 0.6) is 5.75 Å². The Kier molecular flexibility index (Phi) is 5.40. The summed E-state index contributed by atoms with van der Waals surface area (Å²) in [4.78, 5) is 29.6. The Morgan fingerprint density at radius 3 is 3.00 bits per heavy atom. The highest BCUT2D eigenvalue weighted by molar-refractivity contribution is 6.31. The van der Waals surface area contributed by atoms with E-state index in [0.29, 0.717) is 61.3 Å². The number of nitrogens with one attached hydrogen (secondary N) is 2. The third kappa shape index (κ3) is 4.11. The van der Waals surface area contributed by atoms with Crippen molar-refractivity contribution in [2.75, 3.05) is 36.5 Å². The van der Waals surface area contributed by atoms with Gasteiger partial charge in [-0.05, 0) is 42.3 Å². The van der Waals surface area contributed by atoms with E-state index < -0.39 is 11.7 Å². The van der Waals surface area contributed by atoms with Crippen LogP contribution >= 0.6 is 11.6 Å². The van der Waals surface area contributed by atoms with Crippen LogP contribution in [0.3, 0.4) is 0 Å². The van der Waals surface area contributed by atoms with Crippen LogP contribution < -0.4 is 20.3 Å². The van der Waals surface area contributed by atoms with Gasteiger partial charge in [0, 0.05) is 24.4 Å². The molecule has 10 heteroatoms. The number of hydrogen-bond acceptors (Lipinski definition) is 7. The van der Waals surface area contributed by atoms with E-state index >= 15 is 0 Å². The Bertz CT molecular complexity index is 1080. The number of fused-ring (bicyclic) bond motifs is 2. The molecule has 0 bridgehead atoms. The molecule has 1 aliphatic carbocycles. The maximum Gasteiger partial charge on any atom is 0.415 e. The number of benzene rings is 1. The number of pyridine rings is 1. The molecule has 2 unspecified atom stereocenters. The number of nitrogens with zero attached hydrogens (tertiary/aromatic N) is 2. The number of aromatic nitrogens is 1. The van der Waals surface area contributed by atoms with Crippen molar-refractivity contribution in [3.05, 3.63) is 46.5 Å². The van der Waals surface area contributed by atoms with Gasteiger partial charge >= 0.3 is 6.09 Å². The molecular formula is C22H23ClN4O5. The van der Waals surface area contributed by atoms with Crippen molar-refractivity contribution in [1.29, 1.82) is 0 Å². The molecule has 168 valence electrons. The number of carbonyl (C=O) groups is 2. The second-order valence-electron chi connectivity index (χ2n) is 8.39. The molecule has 0 radical (unpaired) electrons. The zero-order chi connectivity index (χ0) is 22.3. The summed E-state index contributed by atoms with van der Waals surface area (Å²) in [6.07, 6.45) is 0.891. The topological polar surface area (TPSA) is 113 Å². The number of ether oxygens (including phenoxy) is 2. The molecule has 2 atom stereocenters. The van der Waals surface area contributed by atoms with E-state index in [4.69, 9.17) is 21.1 Å². The first kappa shape index (κ1) is 21.0. The maximum absolute atomic E-state index is 12.3. The zero-order valence-electron chi connectivity index (χ0n) is 17.3. The van der Waals surface area contributed by atoms with E-state index in [1.165, 1.54) is 4.90 Å². The van der Waals surface area contributed by atoms with E-state index in [-0.39, 0.29) is 18.6 Å². The number of anilines is 2. The average molecular weight is 459 g/mol. The van der Waals surface area contributed by atoms with Crippen molar-refractivity contribution < 1.29 is 24.2 Å². The minimum absolute atomic E-state index is 0.0525. The van der Waals surface area contributed by atoms with Gasteiger partial charge in [-0.2, -0.15) is 0 Å². The Labute approximate surface area is 189 Å². The molecule has 1 aromatic carbocycles. The lowest BCUT2D eigenvalue weighted by Gasteiger charge is -2.23. The zero-order valence-corrected chi connectivity index (χ0v) is 18.0. The number of halogens is 1. The van der Waals surface area contributed by atoms with Gasteiger partial charge in [0.05, 0.1) is 12.1 Å². The van der Waals surface area contributed by atoms with Crippen LogP contribution in [0.2, 0.25) is 5.02 Å². The van der Waals surface area contributed by atoms with E-state index in [1.54, 1.807) is 12.1 Å². The van der Waals surface area contributed by atoms with Crippen molar-refractivity contribution in [2.45, 2.75) is 31.0 Å². The molecule has 2 aliphatic heterocycles. The molecule has 32 heavy (non-hydrogen) atoms. The fourth-order valence-corrected chi connectivity index (χ4v) is 4.65. The SMILES string of the molecule is O=C1COc2ccc(N3CC(CCNCC4(O)Cc5cccc(Cl)c5C4)OC3=O)nc2N1. The number of aliphatic hydroxyl groups is 1. The predicted octanol–water partition coefficient (Wildman–Crippen LogP) is 1.90. The first-order valence-electron chi connectivity index (χ1n) is 10.5. The molecular weight excluding hydrogens is 436 g/mol. The second kappa shape index (κ2) is 8.23. The standard InChI is InChI=1S/C22H23ClN4O5/c23-16-3-1-2-13-8-22(30,9-15(13)16)12-24-7-6-14-10-27(21(29)32-14)18-5-4-17-20(25-18)26-19(28)11-31-17/h1-5,14,24,30H,6-12H2,(H,25,26,28). The van der Waals surface area contributed by atoms with Gasteiger partial charge in [-0.3, -0.25) is 9.69 Å². The van der Waals surface area contributed by atoms with Gasteiger partial charge in [0.15, 0.2) is 18.2 Å². The third-order valence-corrected chi connectivity index (χ3v) is 6.30. The van der Waals surface area contributed by atoms with Crippen molar-refractivity contribution in [3.63, 3.8) is 0 Å². The van der Waals surface area contributed by atoms with Crippen molar-refractivity contribution >= 4 is 35.2 Å². The molecule has 3 heterocycles. The number of cyclic esters (lactones) is 1. The minimum atomic E-state index is -0.870. The predicted molar refractivity (Wildman–Crippen MR) is 117 cm³/mol. The lowest BCUT2D eigenvalue weighted by atomic mass is 10.0. The highest BCUT2D eigenvalue weighted by atomic mass is 35.5. The Balaban J connectivity index is 1.12. The van der Waals surface area contributed by atoms with Crippen LogP contribution in [-0.2, 0) is 22.4 Å². The smallest absolute Gasteiger partial charge is 0.415 e. The Hall–Kier alpha value is -2.88. The molecule has 5 rings (SSSR count). The number of rotatable bonds is 6. The molecule has 1 saturated heterocycles. The second-order valence-corrected chi connectivity index (χ2v) is 8.80. The molecule has 3 N–H and O–H groups in total. The summed E-state index contributed by atoms with van der Waals surface area (Å²) >= 11 is 6.25. The summed E-state index contributed by atoms with van der Waals surface area (Å²) in [6.45, 7) is 1.31. The largest absolute Gasteiger partial charge is 0.480 e. The molecule has 1 fully saturated rings. The van der Waals surface area contributed by atoms with Crippen molar-refractivity contribution in [2.24, 2.45) is 0 Å². The molecule has 2 amide bonds. The fourth-order valence-electron chi connectivity index (χ4n) is 4.38. The van der Waals surface area contributed by atoms with Crippen LogP contribution in [0, 0.1) is 0 Å². The molecule has 1 aromatic heterocycles. The highest BCUT2D eigenvalue weighted by Gasteiger charge is 2.37. The van der Waals surface area contributed by atoms with E-state index in [1.807, 2.05) is 18.2 Å². The number of amides is 2. The van der Waals surface area contributed by atoms with E-state index in [0.717, 1.165) is 11.1 Å². The molecule has 0 saturated carbocycles. The Morgan fingerprint density at radius 2 is 2.16 bits per heavy atom. The van der Waals surface area contributed by atoms with E-state index in [2.05, 4.69) is 15.6 Å². The van der Waals surface area contributed by atoms with Gasteiger partial charge in [0.2, 0.25) is 0 Å². The molecule has 2 aromatic rings. The van der Waals surface area contributed by atoms with Gasteiger partial charge in [0.1, 0.15) is 11.9 Å². The van der Waals surface area contributed by atoms with Crippen LogP contribution in [0.15, 0.2) is 30.3 Å². The monoisotopic (exact) mass is 458 g/mol. The summed E-state index contributed by atoms with van der Waals surface area (Å²) in [5.74, 6) is 0.867. The van der Waals surface area contributed by atoms with Crippen molar-refractivity contribution in [1.82, 2.24) is 10.3 Å². The van der Waals surface area contributed by atoms with Crippen molar-refractivity contribution in [3.8, 4) is 5.75 Å². The van der Waals surface area contributed by atoms with Crippen LogP contribution in [0.1, 0.15) is 17.5 Å². The Morgan fingerprint density at radius 1 is 1.28 bits per heavy atom. The number of hydrogen-bond donors (Lipinski definition) is 3. The molecule has 9 nitrogen and oxygen atoms in total. The normalized spacial score (nSPS) is 23.9. The van der Waals surface area contributed by atoms with E-state index in [9.17, 15) is 14.7 Å². The summed E-state index contributed by atoms with van der Waals surface area (Å²) < 4.78 is 10.8. The first-order chi connectivity index (χ1) is 15.4. The average Bonchev–Trinajstić information content (AvgIpc) is 3.31. The fraction of sp³-hybridized carbons (Fsp3) is 0.409.